The van der Waals surface area contributed by atoms with Gasteiger partial charge in [0.25, 0.3) is 0 Å². The predicted octanol–water partition coefficient (Wildman–Crippen LogP) is 3.77. The molecule has 2 aromatic rings. The highest BCUT2D eigenvalue weighted by molar-refractivity contribution is 7.89. The van der Waals surface area contributed by atoms with Gasteiger partial charge in [-0.1, -0.05) is 37.6 Å². The fourth-order valence-corrected chi connectivity index (χ4v) is 5.37. The van der Waals surface area contributed by atoms with Crippen molar-refractivity contribution >= 4 is 45.0 Å². The normalized spacial score (nSPS) is 15.4. The molecule has 2 aromatic carbocycles. The van der Waals surface area contributed by atoms with Gasteiger partial charge in [0.2, 0.25) is 15.9 Å². The van der Waals surface area contributed by atoms with Crippen LogP contribution in [0.25, 0.3) is 6.08 Å². The summed E-state index contributed by atoms with van der Waals surface area (Å²) in [7, 11) is -1.41. The molecule has 1 N–H and O–H groups in total. The summed E-state index contributed by atoms with van der Waals surface area (Å²) in [6.07, 6.45) is 3.09. The van der Waals surface area contributed by atoms with Crippen molar-refractivity contribution < 1.29 is 13.2 Å². The van der Waals surface area contributed by atoms with Crippen LogP contribution in [-0.4, -0.2) is 69.8 Å². The second-order valence-corrected chi connectivity index (χ2v) is 10.3. The van der Waals surface area contributed by atoms with E-state index in [2.05, 4.69) is 22.2 Å². The lowest BCUT2D eigenvalue weighted by atomic mass is 10.2. The molecule has 7 nitrogen and oxygen atoms in total. The van der Waals surface area contributed by atoms with E-state index in [1.165, 1.54) is 10.4 Å². The molecule has 0 bridgehead atoms. The number of piperazine rings is 1. The first-order chi connectivity index (χ1) is 15.7. The molecule has 0 radical (unpaired) electrons. The van der Waals surface area contributed by atoms with Gasteiger partial charge in [0.15, 0.2) is 0 Å². The second kappa shape index (κ2) is 11.2. The molecule has 1 aliphatic rings. The molecule has 178 valence electrons. The van der Waals surface area contributed by atoms with E-state index >= 15 is 0 Å². The van der Waals surface area contributed by atoms with Crippen molar-refractivity contribution in [1.82, 2.24) is 9.21 Å². The monoisotopic (exact) mass is 490 g/mol. The van der Waals surface area contributed by atoms with Crippen molar-refractivity contribution in [3.8, 4) is 0 Å². The Kier molecular flexibility index (Phi) is 8.53. The Morgan fingerprint density at radius 2 is 1.70 bits per heavy atom. The van der Waals surface area contributed by atoms with E-state index in [1.54, 1.807) is 36.4 Å². The lowest BCUT2D eigenvalue weighted by molar-refractivity contribution is -0.111. The van der Waals surface area contributed by atoms with E-state index in [1.807, 2.05) is 26.0 Å². The first-order valence-corrected chi connectivity index (χ1v) is 12.9. The number of carbonyl (C=O) groups is 1. The van der Waals surface area contributed by atoms with Gasteiger partial charge >= 0.3 is 0 Å². The Bertz CT molecular complexity index is 1090. The van der Waals surface area contributed by atoms with Crippen LogP contribution >= 0.6 is 11.6 Å². The Balaban J connectivity index is 1.70. The zero-order valence-corrected chi connectivity index (χ0v) is 20.9. The third-order valence-electron chi connectivity index (χ3n) is 5.71. The maximum atomic E-state index is 12.6. The van der Waals surface area contributed by atoms with Gasteiger partial charge in [-0.2, -0.15) is 4.31 Å². The number of benzene rings is 2. The summed E-state index contributed by atoms with van der Waals surface area (Å²) in [5, 5.41) is 3.48. The number of hydrogen-bond acceptors (Lipinski definition) is 5. The first-order valence-electron chi connectivity index (χ1n) is 11.1. The van der Waals surface area contributed by atoms with Crippen LogP contribution in [0.5, 0.6) is 0 Å². The summed E-state index contributed by atoms with van der Waals surface area (Å²) >= 11 is 6.18. The molecule has 0 atom stereocenters. The largest absolute Gasteiger partial charge is 0.367 e. The van der Waals surface area contributed by atoms with Crippen LogP contribution in [-0.2, 0) is 14.8 Å². The maximum Gasteiger partial charge on any atom is 0.248 e. The number of nitrogens with one attached hydrogen (secondary N) is 1. The number of carbonyl (C=O) groups excluding carboxylic acids is 1. The van der Waals surface area contributed by atoms with E-state index in [9.17, 15) is 13.2 Å². The topological polar surface area (TPSA) is 73.0 Å². The van der Waals surface area contributed by atoms with Crippen molar-refractivity contribution in [2.24, 2.45) is 0 Å². The van der Waals surface area contributed by atoms with Gasteiger partial charge < -0.3 is 15.1 Å². The smallest absolute Gasteiger partial charge is 0.248 e. The van der Waals surface area contributed by atoms with E-state index in [-0.39, 0.29) is 10.8 Å². The molecule has 33 heavy (non-hydrogen) atoms. The molecule has 0 saturated carbocycles. The molecule has 0 spiro atoms. The van der Waals surface area contributed by atoms with Crippen molar-refractivity contribution in [2.45, 2.75) is 18.7 Å². The number of sulfonamides is 1. The van der Waals surface area contributed by atoms with Crippen LogP contribution in [0.2, 0.25) is 5.02 Å². The number of amides is 1. The number of rotatable bonds is 8. The standard InChI is InChI=1S/C24H31ClN4O3S/c1-4-29(5-2)33(31,32)21-10-6-19(7-11-21)8-13-24(30)26-22-18-20(25)9-12-23(22)28-16-14-27(3)15-17-28/h6-13,18H,4-5,14-17H2,1-3H3,(H,26,30)/b13-8+. The third kappa shape index (κ3) is 6.35. The van der Waals surface area contributed by atoms with Gasteiger partial charge in [0, 0.05) is 50.4 Å². The molecular weight excluding hydrogens is 460 g/mol. The molecule has 1 aliphatic heterocycles. The van der Waals surface area contributed by atoms with Crippen LogP contribution in [0.1, 0.15) is 19.4 Å². The van der Waals surface area contributed by atoms with Crippen LogP contribution in [0.3, 0.4) is 0 Å². The fraction of sp³-hybridized carbons (Fsp3) is 0.375. The van der Waals surface area contributed by atoms with Gasteiger partial charge in [-0.25, -0.2) is 8.42 Å². The minimum atomic E-state index is -3.50. The molecule has 1 heterocycles. The van der Waals surface area contributed by atoms with Crippen molar-refractivity contribution in [3.63, 3.8) is 0 Å². The number of anilines is 2. The SMILES string of the molecule is CCN(CC)S(=O)(=O)c1ccc(/C=C/C(=O)Nc2cc(Cl)ccc2N2CCN(C)CC2)cc1. The summed E-state index contributed by atoms with van der Waals surface area (Å²) in [6.45, 7) is 8.11. The van der Waals surface area contributed by atoms with Crippen LogP contribution in [0, 0.1) is 0 Å². The lowest BCUT2D eigenvalue weighted by Gasteiger charge is -2.35. The quantitative estimate of drug-likeness (QED) is 0.570. The van der Waals surface area contributed by atoms with Gasteiger partial charge in [-0.05, 0) is 49.0 Å². The highest BCUT2D eigenvalue weighted by atomic mass is 35.5. The van der Waals surface area contributed by atoms with E-state index < -0.39 is 10.0 Å². The summed E-state index contributed by atoms with van der Waals surface area (Å²) < 4.78 is 26.6. The predicted molar refractivity (Wildman–Crippen MR) is 135 cm³/mol. The van der Waals surface area contributed by atoms with E-state index in [0.717, 1.165) is 37.4 Å². The number of likely N-dealkylation sites (N-methyl/N-ethyl adjacent to an activating group) is 1. The van der Waals surface area contributed by atoms with E-state index in [0.29, 0.717) is 23.8 Å². The zero-order valence-electron chi connectivity index (χ0n) is 19.3. The Labute approximate surface area is 201 Å². The summed E-state index contributed by atoms with van der Waals surface area (Å²) in [5.74, 6) is -0.285. The molecule has 0 unspecified atom stereocenters. The van der Waals surface area contributed by atoms with Crippen LogP contribution < -0.4 is 10.2 Å². The van der Waals surface area contributed by atoms with E-state index in [4.69, 9.17) is 11.6 Å². The molecule has 1 saturated heterocycles. The van der Waals surface area contributed by atoms with Gasteiger partial charge in [-0.3, -0.25) is 4.79 Å². The third-order valence-corrected chi connectivity index (χ3v) is 8.01. The molecular formula is C24H31ClN4O3S. The lowest BCUT2D eigenvalue weighted by Crippen LogP contribution is -2.44. The van der Waals surface area contributed by atoms with Crippen molar-refractivity contribution in [1.29, 1.82) is 0 Å². The van der Waals surface area contributed by atoms with Crippen molar-refractivity contribution in [3.05, 3.63) is 59.1 Å². The highest BCUT2D eigenvalue weighted by Crippen LogP contribution is 2.30. The summed E-state index contributed by atoms with van der Waals surface area (Å²) in [4.78, 5) is 17.4. The molecule has 1 amide bonds. The van der Waals surface area contributed by atoms with Gasteiger partial charge in [0.05, 0.1) is 16.3 Å². The molecule has 0 aliphatic carbocycles. The summed E-state index contributed by atoms with van der Waals surface area (Å²) in [6, 6.07) is 12.0. The molecule has 0 aromatic heterocycles. The minimum Gasteiger partial charge on any atom is -0.367 e. The number of halogens is 1. The van der Waals surface area contributed by atoms with Crippen LogP contribution in [0.4, 0.5) is 11.4 Å². The fourth-order valence-electron chi connectivity index (χ4n) is 3.74. The highest BCUT2D eigenvalue weighted by Gasteiger charge is 2.21. The van der Waals surface area contributed by atoms with Crippen LogP contribution in [0.15, 0.2) is 53.4 Å². The maximum absolute atomic E-state index is 12.6. The number of nitrogens with zero attached hydrogens (tertiary/aromatic N) is 3. The minimum absolute atomic E-state index is 0.239. The van der Waals surface area contributed by atoms with Gasteiger partial charge in [0.1, 0.15) is 0 Å². The molecule has 1 fully saturated rings. The molecule has 3 rings (SSSR count). The zero-order chi connectivity index (χ0) is 24.0. The Morgan fingerprint density at radius 1 is 1.06 bits per heavy atom. The number of hydrogen-bond donors (Lipinski definition) is 1. The Morgan fingerprint density at radius 3 is 2.30 bits per heavy atom. The average Bonchev–Trinajstić information content (AvgIpc) is 2.79. The first kappa shape index (κ1) is 25.2. The van der Waals surface area contributed by atoms with Gasteiger partial charge in [-0.15, -0.1) is 0 Å². The Hall–Kier alpha value is -2.39. The van der Waals surface area contributed by atoms with Crippen molar-refractivity contribution in [2.75, 3.05) is 56.5 Å². The summed E-state index contributed by atoms with van der Waals surface area (Å²) in [5.41, 5.74) is 2.34. The second-order valence-electron chi connectivity index (χ2n) is 7.93. The molecule has 9 heteroatoms. The average molecular weight is 491 g/mol.